The fourth-order valence-electron chi connectivity index (χ4n) is 1.22. The van der Waals surface area contributed by atoms with Crippen LogP contribution in [-0.2, 0) is 11.3 Å². The summed E-state index contributed by atoms with van der Waals surface area (Å²) in [6.07, 6.45) is 5.93. The number of terminal acetylenes is 1. The molecule has 1 aromatic rings. The molecule has 3 heteroatoms. The Labute approximate surface area is 95.8 Å². The first-order valence-electron chi connectivity index (χ1n) is 5.09. The van der Waals surface area contributed by atoms with Crippen molar-refractivity contribution >= 4 is 5.91 Å². The van der Waals surface area contributed by atoms with E-state index in [1.165, 1.54) is 0 Å². The zero-order valence-electron chi connectivity index (χ0n) is 9.32. The minimum Gasteiger partial charge on any atom is -0.497 e. The predicted molar refractivity (Wildman–Crippen MR) is 62.9 cm³/mol. The van der Waals surface area contributed by atoms with Gasteiger partial charge in [0.15, 0.2) is 0 Å². The predicted octanol–water partition coefficient (Wildman–Crippen LogP) is 1.72. The summed E-state index contributed by atoms with van der Waals surface area (Å²) in [5.41, 5.74) is 1.04. The van der Waals surface area contributed by atoms with Crippen molar-refractivity contribution in [3.63, 3.8) is 0 Å². The summed E-state index contributed by atoms with van der Waals surface area (Å²) < 4.78 is 5.04. The molecular formula is C13H15NO2. The fraction of sp³-hybridized carbons (Fsp3) is 0.308. The largest absolute Gasteiger partial charge is 0.497 e. The van der Waals surface area contributed by atoms with Gasteiger partial charge in [-0.15, -0.1) is 12.3 Å². The SMILES string of the molecule is C#CCCC(=O)NCc1ccc(OC)cc1. The third kappa shape index (κ3) is 4.05. The summed E-state index contributed by atoms with van der Waals surface area (Å²) in [5, 5.41) is 2.80. The molecule has 1 rings (SSSR count). The van der Waals surface area contributed by atoms with Crippen molar-refractivity contribution in [3.8, 4) is 18.1 Å². The second-order valence-corrected chi connectivity index (χ2v) is 3.33. The Morgan fingerprint density at radius 1 is 1.44 bits per heavy atom. The number of carbonyl (C=O) groups is 1. The molecule has 1 aromatic carbocycles. The number of carbonyl (C=O) groups excluding carboxylic acids is 1. The smallest absolute Gasteiger partial charge is 0.221 e. The van der Waals surface area contributed by atoms with E-state index in [0.717, 1.165) is 11.3 Å². The van der Waals surface area contributed by atoms with Crippen LogP contribution in [0.15, 0.2) is 24.3 Å². The molecule has 0 atom stereocenters. The van der Waals surface area contributed by atoms with Gasteiger partial charge in [0, 0.05) is 19.4 Å². The lowest BCUT2D eigenvalue weighted by Gasteiger charge is -2.05. The topological polar surface area (TPSA) is 38.3 Å². The van der Waals surface area contributed by atoms with Crippen molar-refractivity contribution < 1.29 is 9.53 Å². The Hall–Kier alpha value is -1.95. The molecule has 1 amide bonds. The Bertz CT molecular complexity index is 376. The van der Waals surface area contributed by atoms with Gasteiger partial charge in [-0.1, -0.05) is 12.1 Å². The maximum Gasteiger partial charge on any atom is 0.221 e. The van der Waals surface area contributed by atoms with Gasteiger partial charge in [-0.3, -0.25) is 4.79 Å². The standard InChI is InChI=1S/C13H15NO2/c1-3-4-5-13(15)14-10-11-6-8-12(16-2)9-7-11/h1,6-9H,4-5,10H2,2H3,(H,14,15). The van der Waals surface area contributed by atoms with Crippen LogP contribution in [0.25, 0.3) is 0 Å². The number of amides is 1. The minimum absolute atomic E-state index is 0.0197. The molecule has 0 bridgehead atoms. The quantitative estimate of drug-likeness (QED) is 0.763. The van der Waals surface area contributed by atoms with E-state index < -0.39 is 0 Å². The lowest BCUT2D eigenvalue weighted by molar-refractivity contribution is -0.121. The van der Waals surface area contributed by atoms with Crippen LogP contribution in [0.4, 0.5) is 0 Å². The molecule has 0 heterocycles. The van der Waals surface area contributed by atoms with Crippen LogP contribution in [0, 0.1) is 12.3 Å². The zero-order chi connectivity index (χ0) is 11.8. The van der Waals surface area contributed by atoms with Gasteiger partial charge in [0.2, 0.25) is 5.91 Å². The molecule has 0 unspecified atom stereocenters. The van der Waals surface area contributed by atoms with Crippen LogP contribution in [0.2, 0.25) is 0 Å². The molecule has 0 aliphatic carbocycles. The molecule has 0 saturated carbocycles. The first-order valence-corrected chi connectivity index (χ1v) is 5.09. The monoisotopic (exact) mass is 217 g/mol. The molecule has 0 saturated heterocycles. The normalized spacial score (nSPS) is 9.25. The number of hydrogen-bond donors (Lipinski definition) is 1. The van der Waals surface area contributed by atoms with E-state index in [9.17, 15) is 4.79 Å². The maximum atomic E-state index is 11.3. The average Bonchev–Trinajstić information content (AvgIpc) is 2.34. The highest BCUT2D eigenvalue weighted by molar-refractivity contribution is 5.76. The van der Waals surface area contributed by atoms with Gasteiger partial charge in [0.25, 0.3) is 0 Å². The Morgan fingerprint density at radius 3 is 2.69 bits per heavy atom. The summed E-state index contributed by atoms with van der Waals surface area (Å²) >= 11 is 0. The number of nitrogens with one attached hydrogen (secondary N) is 1. The van der Waals surface area contributed by atoms with Gasteiger partial charge in [0.1, 0.15) is 5.75 Å². The summed E-state index contributed by atoms with van der Waals surface area (Å²) in [6, 6.07) is 7.56. The summed E-state index contributed by atoms with van der Waals surface area (Å²) in [5.74, 6) is 3.22. The van der Waals surface area contributed by atoms with Crippen LogP contribution in [-0.4, -0.2) is 13.0 Å². The molecule has 0 aliphatic rings. The number of ether oxygens (including phenoxy) is 1. The van der Waals surface area contributed by atoms with Gasteiger partial charge in [-0.2, -0.15) is 0 Å². The molecule has 0 spiro atoms. The summed E-state index contributed by atoms with van der Waals surface area (Å²) in [4.78, 5) is 11.3. The van der Waals surface area contributed by atoms with E-state index in [2.05, 4.69) is 11.2 Å². The van der Waals surface area contributed by atoms with E-state index in [0.29, 0.717) is 19.4 Å². The third-order valence-corrected chi connectivity index (χ3v) is 2.15. The van der Waals surface area contributed by atoms with Gasteiger partial charge < -0.3 is 10.1 Å². The lowest BCUT2D eigenvalue weighted by Crippen LogP contribution is -2.22. The summed E-state index contributed by atoms with van der Waals surface area (Å²) in [6.45, 7) is 0.521. The Morgan fingerprint density at radius 2 is 2.12 bits per heavy atom. The number of methoxy groups -OCH3 is 1. The van der Waals surface area contributed by atoms with Crippen molar-refractivity contribution in [2.75, 3.05) is 7.11 Å². The van der Waals surface area contributed by atoms with E-state index in [-0.39, 0.29) is 5.91 Å². The van der Waals surface area contributed by atoms with Crippen molar-refractivity contribution in [2.24, 2.45) is 0 Å². The van der Waals surface area contributed by atoms with Crippen molar-refractivity contribution in [2.45, 2.75) is 19.4 Å². The maximum absolute atomic E-state index is 11.3. The molecule has 0 aromatic heterocycles. The lowest BCUT2D eigenvalue weighted by atomic mass is 10.2. The molecule has 16 heavy (non-hydrogen) atoms. The molecule has 84 valence electrons. The van der Waals surface area contributed by atoms with Gasteiger partial charge in [-0.05, 0) is 17.7 Å². The van der Waals surface area contributed by atoms with E-state index in [4.69, 9.17) is 11.2 Å². The third-order valence-electron chi connectivity index (χ3n) is 2.15. The van der Waals surface area contributed by atoms with Crippen LogP contribution >= 0.6 is 0 Å². The second-order valence-electron chi connectivity index (χ2n) is 3.33. The molecular weight excluding hydrogens is 202 g/mol. The highest BCUT2D eigenvalue weighted by Gasteiger charge is 2.00. The van der Waals surface area contributed by atoms with Crippen LogP contribution < -0.4 is 10.1 Å². The van der Waals surface area contributed by atoms with Crippen molar-refractivity contribution in [1.29, 1.82) is 0 Å². The molecule has 1 N–H and O–H groups in total. The summed E-state index contributed by atoms with van der Waals surface area (Å²) in [7, 11) is 1.62. The van der Waals surface area contributed by atoms with Gasteiger partial charge in [-0.25, -0.2) is 0 Å². The van der Waals surface area contributed by atoms with Crippen LogP contribution in [0.5, 0.6) is 5.75 Å². The fourth-order valence-corrected chi connectivity index (χ4v) is 1.22. The number of rotatable bonds is 5. The first kappa shape index (κ1) is 12.1. The van der Waals surface area contributed by atoms with E-state index in [1.54, 1.807) is 7.11 Å². The van der Waals surface area contributed by atoms with Crippen molar-refractivity contribution in [3.05, 3.63) is 29.8 Å². The van der Waals surface area contributed by atoms with Crippen LogP contribution in [0.1, 0.15) is 18.4 Å². The number of hydrogen-bond acceptors (Lipinski definition) is 2. The zero-order valence-corrected chi connectivity index (χ0v) is 9.32. The Kier molecular flexibility index (Phi) is 4.94. The minimum atomic E-state index is -0.0197. The van der Waals surface area contributed by atoms with E-state index >= 15 is 0 Å². The second kappa shape index (κ2) is 6.52. The molecule has 0 aliphatic heterocycles. The van der Waals surface area contributed by atoms with E-state index in [1.807, 2.05) is 24.3 Å². The highest BCUT2D eigenvalue weighted by Crippen LogP contribution is 2.10. The molecule has 0 radical (unpaired) electrons. The number of benzene rings is 1. The van der Waals surface area contributed by atoms with Crippen molar-refractivity contribution in [1.82, 2.24) is 5.32 Å². The first-order chi connectivity index (χ1) is 7.76. The average molecular weight is 217 g/mol. The van der Waals surface area contributed by atoms with Crippen LogP contribution in [0.3, 0.4) is 0 Å². The van der Waals surface area contributed by atoms with Gasteiger partial charge in [0.05, 0.1) is 7.11 Å². The highest BCUT2D eigenvalue weighted by atomic mass is 16.5. The van der Waals surface area contributed by atoms with Gasteiger partial charge >= 0.3 is 0 Å². The molecule has 0 fully saturated rings. The molecule has 3 nitrogen and oxygen atoms in total. The Balaban J connectivity index is 2.37.